The van der Waals surface area contributed by atoms with Gasteiger partial charge in [0.05, 0.1) is 0 Å². The highest BCUT2D eigenvalue weighted by atomic mass is 35.5. The summed E-state index contributed by atoms with van der Waals surface area (Å²) >= 11 is 9.92. The molecule has 0 amide bonds. The number of rotatable bonds is 4. The molecular formula is C11H12Cl2N2O6P2+2. The van der Waals surface area contributed by atoms with Crippen LogP contribution in [0.2, 0.25) is 0 Å². The normalized spacial score (nSPS) is 11.1. The van der Waals surface area contributed by atoms with Crippen LogP contribution >= 0.6 is 39.7 Å². The fraction of sp³-hybridized carbons (Fsp3) is 0.0909. The van der Waals surface area contributed by atoms with Gasteiger partial charge in [-0.3, -0.25) is 9.97 Å². The highest BCUT2D eigenvalue weighted by Crippen LogP contribution is 2.40. The SMILES string of the molecule is O=[P+](O)OC(Cl)(Cl)O[P+](=O)O.c1ccncc1.c1ccncc1. The molecule has 2 unspecified atom stereocenters. The Bertz CT molecular complexity index is 462. The van der Waals surface area contributed by atoms with Crippen molar-refractivity contribution in [2.45, 2.75) is 4.71 Å². The van der Waals surface area contributed by atoms with Crippen molar-refractivity contribution in [2.75, 3.05) is 0 Å². The molecule has 2 atom stereocenters. The zero-order valence-electron chi connectivity index (χ0n) is 11.3. The lowest BCUT2D eigenvalue weighted by molar-refractivity contribution is 0.0328. The van der Waals surface area contributed by atoms with E-state index in [1.165, 1.54) is 0 Å². The monoisotopic (exact) mass is 400 g/mol. The second kappa shape index (κ2) is 13.4. The lowest BCUT2D eigenvalue weighted by Gasteiger charge is -1.99. The lowest BCUT2D eigenvalue weighted by atomic mass is 10.5. The van der Waals surface area contributed by atoms with Crippen LogP contribution in [-0.4, -0.2) is 24.5 Å². The minimum Gasteiger partial charge on any atom is -0.265 e. The molecule has 0 aliphatic carbocycles. The molecule has 2 heterocycles. The molecule has 2 rings (SSSR count). The summed E-state index contributed by atoms with van der Waals surface area (Å²) in [6.07, 6.45) is 7.00. The van der Waals surface area contributed by atoms with Gasteiger partial charge in [0.15, 0.2) is 0 Å². The largest absolute Gasteiger partial charge is 0.700 e. The number of nitrogens with zero attached hydrogens (tertiary/aromatic N) is 2. The summed E-state index contributed by atoms with van der Waals surface area (Å²) in [5, 5.41) is 0. The standard InChI is InChI=1S/2C5H5N.CCl2O6P2/c2*1-2-4-6-5-3-1;2-1(3,8-10(4)5)9-11(6)7/h2*1-5H;/p+2. The summed E-state index contributed by atoms with van der Waals surface area (Å²) in [5.41, 5.74) is 0. The first kappa shape index (κ1) is 21.9. The number of aromatic nitrogens is 2. The summed E-state index contributed by atoms with van der Waals surface area (Å²) < 4.78 is 24.8. The number of halogens is 2. The second-order valence-corrected chi connectivity index (χ2v) is 5.68. The molecule has 0 radical (unpaired) electrons. The molecule has 0 aliphatic heterocycles. The van der Waals surface area contributed by atoms with Crippen LogP contribution in [0.5, 0.6) is 0 Å². The van der Waals surface area contributed by atoms with Crippen molar-refractivity contribution in [3.8, 4) is 0 Å². The van der Waals surface area contributed by atoms with Crippen LogP contribution in [-0.2, 0) is 18.2 Å². The van der Waals surface area contributed by atoms with E-state index >= 15 is 0 Å². The molecule has 0 fully saturated rings. The third kappa shape index (κ3) is 17.1. The van der Waals surface area contributed by atoms with Crippen molar-refractivity contribution < 1.29 is 28.0 Å². The Morgan fingerprint density at radius 1 is 0.739 bits per heavy atom. The number of alkyl halides is 2. The van der Waals surface area contributed by atoms with Crippen LogP contribution in [0.15, 0.2) is 61.2 Å². The third-order valence-electron chi connectivity index (χ3n) is 1.50. The van der Waals surface area contributed by atoms with E-state index in [2.05, 4.69) is 19.0 Å². The Kier molecular flexibility index (Phi) is 12.7. The Morgan fingerprint density at radius 2 is 1.04 bits per heavy atom. The van der Waals surface area contributed by atoms with Gasteiger partial charge in [0.25, 0.3) is 0 Å². The summed E-state index contributed by atoms with van der Waals surface area (Å²) in [4.78, 5) is 23.7. The van der Waals surface area contributed by atoms with Crippen molar-refractivity contribution in [1.29, 1.82) is 0 Å². The summed E-state index contributed by atoms with van der Waals surface area (Å²) in [7, 11) is -6.20. The zero-order valence-corrected chi connectivity index (χ0v) is 14.6. The molecular weight excluding hydrogens is 389 g/mol. The Hall–Kier alpha value is -1.08. The molecule has 0 saturated carbocycles. The van der Waals surface area contributed by atoms with E-state index in [4.69, 9.17) is 33.0 Å². The van der Waals surface area contributed by atoms with Crippen LogP contribution in [0.1, 0.15) is 0 Å². The zero-order chi connectivity index (χ0) is 17.6. The van der Waals surface area contributed by atoms with E-state index in [-0.39, 0.29) is 0 Å². The Balaban J connectivity index is 0.000000339. The topological polar surface area (TPSA) is 119 Å². The Labute approximate surface area is 143 Å². The van der Waals surface area contributed by atoms with E-state index in [0.717, 1.165) is 0 Å². The van der Waals surface area contributed by atoms with Crippen molar-refractivity contribution in [3.05, 3.63) is 61.2 Å². The van der Waals surface area contributed by atoms with Gasteiger partial charge in [0, 0.05) is 33.9 Å². The molecule has 0 aliphatic rings. The van der Waals surface area contributed by atoms with Gasteiger partial charge in [0.1, 0.15) is 0 Å². The molecule has 2 N–H and O–H groups in total. The summed E-state index contributed by atoms with van der Waals surface area (Å²) in [6.45, 7) is 0. The lowest BCUT2D eigenvalue weighted by Crippen LogP contribution is -2.14. The average molecular weight is 401 g/mol. The van der Waals surface area contributed by atoms with E-state index < -0.39 is 21.2 Å². The van der Waals surface area contributed by atoms with Gasteiger partial charge in [-0.05, 0) is 56.5 Å². The van der Waals surface area contributed by atoms with Crippen LogP contribution in [0.4, 0.5) is 0 Å². The predicted molar refractivity (Wildman–Crippen MR) is 84.7 cm³/mol. The van der Waals surface area contributed by atoms with Gasteiger partial charge < -0.3 is 0 Å². The first-order valence-corrected chi connectivity index (χ1v) is 8.63. The predicted octanol–water partition coefficient (Wildman–Crippen LogP) is 3.57. The van der Waals surface area contributed by atoms with E-state index in [9.17, 15) is 9.13 Å². The van der Waals surface area contributed by atoms with E-state index in [0.29, 0.717) is 0 Å². The minimum atomic E-state index is -3.10. The van der Waals surface area contributed by atoms with Crippen molar-refractivity contribution in [2.24, 2.45) is 0 Å². The highest BCUT2D eigenvalue weighted by Gasteiger charge is 2.46. The smallest absolute Gasteiger partial charge is 0.265 e. The van der Waals surface area contributed by atoms with Gasteiger partial charge in [0.2, 0.25) is 0 Å². The molecule has 0 spiro atoms. The fourth-order valence-electron chi connectivity index (χ4n) is 0.824. The van der Waals surface area contributed by atoms with Gasteiger partial charge in [-0.25, -0.2) is 0 Å². The molecule has 0 bridgehead atoms. The number of hydrogen-bond donors (Lipinski definition) is 2. The molecule has 0 aromatic carbocycles. The highest BCUT2D eigenvalue weighted by molar-refractivity contribution is 7.33. The molecule has 0 saturated heterocycles. The van der Waals surface area contributed by atoms with Crippen LogP contribution < -0.4 is 0 Å². The molecule has 12 heteroatoms. The first-order chi connectivity index (χ1) is 10.8. The van der Waals surface area contributed by atoms with Gasteiger partial charge in [-0.2, -0.15) is 0 Å². The molecule has 124 valence electrons. The maximum atomic E-state index is 9.90. The molecule has 2 aromatic rings. The van der Waals surface area contributed by atoms with Gasteiger partial charge in [-0.15, -0.1) is 9.79 Å². The van der Waals surface area contributed by atoms with Crippen molar-refractivity contribution in [3.63, 3.8) is 0 Å². The number of pyridine rings is 2. The van der Waals surface area contributed by atoms with Gasteiger partial charge in [-0.1, -0.05) is 12.1 Å². The van der Waals surface area contributed by atoms with E-state index in [1.54, 1.807) is 24.8 Å². The van der Waals surface area contributed by atoms with Gasteiger partial charge >= 0.3 is 21.2 Å². The maximum Gasteiger partial charge on any atom is 0.700 e. The fourth-order valence-corrected chi connectivity index (χ4v) is 2.03. The summed E-state index contributed by atoms with van der Waals surface area (Å²) in [6, 6.07) is 11.4. The molecule has 2 aromatic heterocycles. The van der Waals surface area contributed by atoms with Crippen LogP contribution in [0.3, 0.4) is 0 Å². The first-order valence-electron chi connectivity index (χ1n) is 5.62. The average Bonchev–Trinajstić information content (AvgIpc) is 2.49. The maximum absolute atomic E-state index is 9.90. The van der Waals surface area contributed by atoms with Crippen molar-refractivity contribution in [1.82, 2.24) is 9.97 Å². The molecule has 23 heavy (non-hydrogen) atoms. The molecule has 8 nitrogen and oxygen atoms in total. The van der Waals surface area contributed by atoms with Crippen LogP contribution in [0, 0.1) is 0 Å². The minimum absolute atomic E-state index is 1.75. The Morgan fingerprint density at radius 3 is 1.17 bits per heavy atom. The van der Waals surface area contributed by atoms with Crippen molar-refractivity contribution >= 4 is 39.7 Å². The van der Waals surface area contributed by atoms with E-state index in [1.807, 2.05) is 36.4 Å². The second-order valence-electron chi connectivity index (χ2n) is 3.17. The quantitative estimate of drug-likeness (QED) is 0.454. The third-order valence-corrected chi connectivity index (χ3v) is 3.07. The summed E-state index contributed by atoms with van der Waals surface area (Å²) in [5.74, 6) is 0. The number of hydrogen-bond acceptors (Lipinski definition) is 6. The van der Waals surface area contributed by atoms with Crippen LogP contribution in [0.25, 0.3) is 0 Å².